The molecule has 1 aromatic carbocycles. The van der Waals surface area contributed by atoms with E-state index in [1.165, 1.54) is 4.90 Å². The van der Waals surface area contributed by atoms with E-state index < -0.39 is 35.9 Å². The SMILES string of the molecule is C[C@@H]1CN(c2ccc(C#N)c3ncccc23)CC(C(=O)N[C@H]2CN(C(=O)OC(C)(C)C)C[C@@H]2F)O1. The van der Waals surface area contributed by atoms with Gasteiger partial charge in [-0.1, -0.05) is 0 Å². The number of amides is 2. The number of anilines is 1. The molecule has 10 heteroatoms. The second kappa shape index (κ2) is 9.66. The number of nitrogens with zero attached hydrogens (tertiary/aromatic N) is 4. The van der Waals surface area contributed by atoms with Crippen molar-refractivity contribution in [3.05, 3.63) is 36.0 Å². The van der Waals surface area contributed by atoms with E-state index in [2.05, 4.69) is 16.4 Å². The fraction of sp³-hybridized carbons (Fsp3) is 0.520. The average molecular weight is 484 g/mol. The molecule has 2 aliphatic rings. The summed E-state index contributed by atoms with van der Waals surface area (Å²) in [4.78, 5) is 33.0. The standard InChI is InChI=1S/C25H30FN5O4/c1-15-11-30(20-8-7-16(10-27)22-17(20)6-5-9-28-22)14-21(34-15)23(32)29-19-13-31(12-18(19)26)24(33)35-25(2,3)4/h5-9,15,18-19,21H,11-14H2,1-4H3,(H,29,32)/t15-,18+,19+,21?/m1/s1. The number of alkyl halides is 1. The van der Waals surface area contributed by atoms with Crippen LogP contribution < -0.4 is 10.2 Å². The van der Waals surface area contributed by atoms with E-state index in [9.17, 15) is 19.2 Å². The van der Waals surface area contributed by atoms with Gasteiger partial charge in [0, 0.05) is 30.4 Å². The molecule has 1 N–H and O–H groups in total. The van der Waals surface area contributed by atoms with Gasteiger partial charge in [-0.3, -0.25) is 9.78 Å². The van der Waals surface area contributed by atoms with E-state index in [0.717, 1.165) is 11.1 Å². The van der Waals surface area contributed by atoms with Gasteiger partial charge in [-0.2, -0.15) is 5.26 Å². The molecule has 2 saturated heterocycles. The number of hydrogen-bond acceptors (Lipinski definition) is 7. The summed E-state index contributed by atoms with van der Waals surface area (Å²) in [6.07, 6.45) is -1.46. The number of fused-ring (bicyclic) bond motifs is 1. The summed E-state index contributed by atoms with van der Waals surface area (Å²) in [6, 6.07) is 8.59. The molecule has 2 aromatic rings. The molecule has 186 valence electrons. The molecule has 0 spiro atoms. The normalized spacial score (nSPS) is 24.8. The number of benzene rings is 1. The average Bonchev–Trinajstić information content (AvgIpc) is 3.17. The molecule has 2 aliphatic heterocycles. The van der Waals surface area contributed by atoms with Crippen molar-refractivity contribution in [1.29, 1.82) is 5.26 Å². The molecular formula is C25H30FN5O4. The Balaban J connectivity index is 1.46. The number of pyridine rings is 1. The largest absolute Gasteiger partial charge is 0.444 e. The van der Waals surface area contributed by atoms with Gasteiger partial charge in [-0.15, -0.1) is 0 Å². The maximum atomic E-state index is 14.7. The summed E-state index contributed by atoms with van der Waals surface area (Å²) < 4.78 is 25.9. The van der Waals surface area contributed by atoms with Crippen LogP contribution in [0.4, 0.5) is 14.9 Å². The number of ether oxygens (including phenoxy) is 2. The van der Waals surface area contributed by atoms with Crippen LogP contribution in [0.5, 0.6) is 0 Å². The van der Waals surface area contributed by atoms with E-state index in [4.69, 9.17) is 9.47 Å². The minimum atomic E-state index is -1.41. The zero-order valence-corrected chi connectivity index (χ0v) is 20.3. The van der Waals surface area contributed by atoms with E-state index in [0.29, 0.717) is 17.6 Å². The van der Waals surface area contributed by atoms with Gasteiger partial charge in [0.05, 0.1) is 36.3 Å². The van der Waals surface area contributed by atoms with Crippen LogP contribution in [0.3, 0.4) is 0 Å². The van der Waals surface area contributed by atoms with Gasteiger partial charge in [-0.25, -0.2) is 9.18 Å². The Bertz CT molecular complexity index is 1160. The molecule has 9 nitrogen and oxygen atoms in total. The van der Waals surface area contributed by atoms with Crippen molar-refractivity contribution in [2.75, 3.05) is 31.1 Å². The molecule has 3 heterocycles. The highest BCUT2D eigenvalue weighted by molar-refractivity contribution is 5.95. The van der Waals surface area contributed by atoms with Crippen LogP contribution in [0, 0.1) is 11.3 Å². The van der Waals surface area contributed by atoms with Crippen LogP contribution in [0.15, 0.2) is 30.5 Å². The molecule has 1 unspecified atom stereocenters. The van der Waals surface area contributed by atoms with E-state index >= 15 is 0 Å². The van der Waals surface area contributed by atoms with Crippen molar-refractivity contribution < 1.29 is 23.5 Å². The molecule has 0 radical (unpaired) electrons. The number of carbonyl (C=O) groups excluding carboxylic acids is 2. The van der Waals surface area contributed by atoms with Crippen molar-refractivity contribution >= 4 is 28.6 Å². The molecule has 0 bridgehead atoms. The third-order valence-corrected chi connectivity index (χ3v) is 5.99. The Morgan fingerprint density at radius 1 is 1.23 bits per heavy atom. The van der Waals surface area contributed by atoms with E-state index in [1.54, 1.807) is 39.1 Å². The van der Waals surface area contributed by atoms with Gasteiger partial charge >= 0.3 is 6.09 Å². The number of nitrogens with one attached hydrogen (secondary N) is 1. The van der Waals surface area contributed by atoms with Gasteiger partial charge in [0.1, 0.15) is 17.8 Å². The van der Waals surface area contributed by atoms with Crippen molar-refractivity contribution in [3.8, 4) is 6.07 Å². The van der Waals surface area contributed by atoms with Crippen LogP contribution in [-0.4, -0.2) is 78.1 Å². The Labute approximate surface area is 203 Å². The Morgan fingerprint density at radius 3 is 2.71 bits per heavy atom. The number of hydrogen-bond donors (Lipinski definition) is 1. The van der Waals surface area contributed by atoms with Crippen LogP contribution in [0.2, 0.25) is 0 Å². The predicted octanol–water partition coefficient (Wildman–Crippen LogP) is 2.77. The maximum absolute atomic E-state index is 14.7. The van der Waals surface area contributed by atoms with Crippen molar-refractivity contribution in [2.24, 2.45) is 0 Å². The summed E-state index contributed by atoms with van der Waals surface area (Å²) in [6.45, 7) is 7.79. The molecule has 0 saturated carbocycles. The minimum Gasteiger partial charge on any atom is -0.444 e. The highest BCUT2D eigenvalue weighted by Crippen LogP contribution is 2.30. The number of likely N-dealkylation sites (tertiary alicyclic amines) is 1. The summed E-state index contributed by atoms with van der Waals surface area (Å²) >= 11 is 0. The maximum Gasteiger partial charge on any atom is 0.410 e. The number of halogens is 1. The highest BCUT2D eigenvalue weighted by atomic mass is 19.1. The summed E-state index contributed by atoms with van der Waals surface area (Å²) in [5, 5.41) is 13.0. The lowest BCUT2D eigenvalue weighted by Crippen LogP contribution is -2.55. The highest BCUT2D eigenvalue weighted by Gasteiger charge is 2.40. The second-order valence-corrected chi connectivity index (χ2v) is 10.0. The lowest BCUT2D eigenvalue weighted by atomic mass is 10.1. The molecule has 2 amide bonds. The Hall–Kier alpha value is -3.45. The smallest absolute Gasteiger partial charge is 0.410 e. The number of carbonyl (C=O) groups is 2. The van der Waals surface area contributed by atoms with Gasteiger partial charge in [0.2, 0.25) is 0 Å². The fourth-order valence-electron chi connectivity index (χ4n) is 4.47. The topological polar surface area (TPSA) is 108 Å². The first kappa shape index (κ1) is 24.7. The molecule has 2 fully saturated rings. The second-order valence-electron chi connectivity index (χ2n) is 10.0. The van der Waals surface area contributed by atoms with Crippen molar-refractivity contribution in [1.82, 2.24) is 15.2 Å². The molecule has 4 rings (SSSR count). The van der Waals surface area contributed by atoms with Gasteiger partial charge in [0.15, 0.2) is 6.10 Å². The number of nitriles is 1. The third kappa shape index (κ3) is 5.46. The molecule has 4 atom stereocenters. The molecular weight excluding hydrogens is 453 g/mol. The Kier molecular flexibility index (Phi) is 6.81. The zero-order valence-electron chi connectivity index (χ0n) is 20.3. The van der Waals surface area contributed by atoms with Gasteiger partial charge in [-0.05, 0) is 52.0 Å². The van der Waals surface area contributed by atoms with Gasteiger partial charge < -0.3 is 24.6 Å². The zero-order chi connectivity index (χ0) is 25.3. The van der Waals surface area contributed by atoms with Crippen LogP contribution in [0.25, 0.3) is 10.9 Å². The number of morpholine rings is 1. The first-order chi connectivity index (χ1) is 16.6. The van der Waals surface area contributed by atoms with Crippen LogP contribution in [0.1, 0.15) is 33.3 Å². The van der Waals surface area contributed by atoms with Crippen LogP contribution in [-0.2, 0) is 14.3 Å². The summed E-state index contributed by atoms with van der Waals surface area (Å²) in [5.41, 5.74) is 1.23. The monoisotopic (exact) mass is 483 g/mol. The Morgan fingerprint density at radius 2 is 2.00 bits per heavy atom. The van der Waals surface area contributed by atoms with E-state index in [1.807, 2.05) is 24.0 Å². The minimum absolute atomic E-state index is 0.0275. The lowest BCUT2D eigenvalue weighted by Gasteiger charge is -2.38. The third-order valence-electron chi connectivity index (χ3n) is 5.99. The van der Waals surface area contributed by atoms with Gasteiger partial charge in [0.25, 0.3) is 5.91 Å². The predicted molar refractivity (Wildman–Crippen MR) is 128 cm³/mol. The first-order valence-electron chi connectivity index (χ1n) is 11.7. The summed E-state index contributed by atoms with van der Waals surface area (Å²) in [5.74, 6) is -0.434. The fourth-order valence-corrected chi connectivity index (χ4v) is 4.47. The molecule has 35 heavy (non-hydrogen) atoms. The van der Waals surface area contributed by atoms with Crippen molar-refractivity contribution in [3.63, 3.8) is 0 Å². The number of aromatic nitrogens is 1. The van der Waals surface area contributed by atoms with E-state index in [-0.39, 0.29) is 25.7 Å². The lowest BCUT2D eigenvalue weighted by molar-refractivity contribution is -0.138. The van der Waals surface area contributed by atoms with Crippen LogP contribution >= 0.6 is 0 Å². The first-order valence-corrected chi connectivity index (χ1v) is 11.7. The van der Waals surface area contributed by atoms with Crippen molar-refractivity contribution in [2.45, 2.75) is 57.7 Å². The number of rotatable bonds is 3. The molecule has 1 aromatic heterocycles. The summed E-state index contributed by atoms with van der Waals surface area (Å²) in [7, 11) is 0. The quantitative estimate of drug-likeness (QED) is 0.715. The molecule has 0 aliphatic carbocycles.